The highest BCUT2D eigenvalue weighted by atomic mass is 16.2. The Balaban J connectivity index is 1.70. The lowest BCUT2D eigenvalue weighted by atomic mass is 10.1. The third kappa shape index (κ3) is 4.71. The maximum Gasteiger partial charge on any atom is 0.329 e. The van der Waals surface area contributed by atoms with Gasteiger partial charge in [-0.3, -0.25) is 18.7 Å². The van der Waals surface area contributed by atoms with Crippen molar-refractivity contribution >= 4 is 22.8 Å². The van der Waals surface area contributed by atoms with Crippen LogP contribution in [-0.4, -0.2) is 51.4 Å². The molecule has 7 nitrogen and oxygen atoms in total. The van der Waals surface area contributed by atoms with Crippen LogP contribution in [0.2, 0.25) is 0 Å². The van der Waals surface area contributed by atoms with Crippen molar-refractivity contribution in [3.8, 4) is 0 Å². The molecule has 0 saturated carbocycles. The van der Waals surface area contributed by atoms with Gasteiger partial charge in [0.2, 0.25) is 5.91 Å². The molecule has 0 N–H and O–H groups in total. The lowest BCUT2D eigenvalue weighted by Crippen LogP contribution is -2.32. The molecular weight excluding hydrogens is 392 g/mol. The van der Waals surface area contributed by atoms with E-state index in [1.807, 2.05) is 50.2 Å². The molecule has 0 unspecified atom stereocenters. The monoisotopic (exact) mass is 422 g/mol. The summed E-state index contributed by atoms with van der Waals surface area (Å²) < 4.78 is 3.42. The number of fused-ring (bicyclic) bond motifs is 1. The standard InChI is InChI=1S/C24H30N4O3/c1-5-26(17-18-11-13-19(14-12-18)23(30)25(3)4)22(29)15-16-28-21-10-8-7-9-20(21)27(6-2)24(28)31/h7-14H,5-6,15-17H2,1-4H3. The molecule has 1 heterocycles. The first-order chi connectivity index (χ1) is 14.9. The van der Waals surface area contributed by atoms with E-state index >= 15 is 0 Å². The maximum absolute atomic E-state index is 12.9. The van der Waals surface area contributed by atoms with Crippen LogP contribution >= 0.6 is 0 Å². The van der Waals surface area contributed by atoms with E-state index in [9.17, 15) is 14.4 Å². The van der Waals surface area contributed by atoms with Crippen molar-refractivity contribution in [3.63, 3.8) is 0 Å². The molecule has 0 saturated heterocycles. The van der Waals surface area contributed by atoms with Crippen molar-refractivity contribution < 1.29 is 9.59 Å². The third-order valence-corrected chi connectivity index (χ3v) is 5.51. The summed E-state index contributed by atoms with van der Waals surface area (Å²) in [5.41, 5.74) is 3.24. The minimum Gasteiger partial charge on any atom is -0.345 e. The fourth-order valence-corrected chi connectivity index (χ4v) is 3.77. The zero-order chi connectivity index (χ0) is 22.5. The van der Waals surface area contributed by atoms with Crippen LogP contribution in [0, 0.1) is 0 Å². The molecule has 3 rings (SSSR count). The van der Waals surface area contributed by atoms with E-state index in [-0.39, 0.29) is 23.9 Å². The first kappa shape index (κ1) is 22.3. The van der Waals surface area contributed by atoms with Crippen molar-refractivity contribution in [2.24, 2.45) is 0 Å². The van der Waals surface area contributed by atoms with Gasteiger partial charge in [0.1, 0.15) is 0 Å². The second-order valence-corrected chi connectivity index (χ2v) is 7.72. The molecule has 164 valence electrons. The molecule has 3 aromatic rings. The normalized spacial score (nSPS) is 11.0. The van der Waals surface area contributed by atoms with E-state index in [0.29, 0.717) is 31.7 Å². The number of para-hydroxylation sites is 2. The molecule has 0 aliphatic heterocycles. The van der Waals surface area contributed by atoms with Crippen LogP contribution in [0.3, 0.4) is 0 Å². The van der Waals surface area contributed by atoms with Gasteiger partial charge >= 0.3 is 5.69 Å². The molecule has 0 aliphatic carbocycles. The lowest BCUT2D eigenvalue weighted by Gasteiger charge is -2.21. The number of aromatic nitrogens is 2. The molecule has 0 fully saturated rings. The number of carbonyl (C=O) groups is 2. The van der Waals surface area contributed by atoms with Crippen molar-refractivity contribution in [1.82, 2.24) is 18.9 Å². The fraction of sp³-hybridized carbons (Fsp3) is 0.375. The predicted octanol–water partition coefficient (Wildman–Crippen LogP) is 2.96. The number of rotatable bonds is 8. The molecule has 0 aliphatic rings. The number of amides is 2. The van der Waals surface area contributed by atoms with Crippen LogP contribution < -0.4 is 5.69 Å². The Hall–Kier alpha value is -3.35. The molecule has 0 spiro atoms. The SMILES string of the molecule is CCN(Cc1ccc(C(=O)N(C)C)cc1)C(=O)CCn1c(=O)n(CC)c2ccccc21. The van der Waals surface area contributed by atoms with Gasteiger partial charge in [-0.1, -0.05) is 24.3 Å². The number of aryl methyl sites for hydroxylation is 2. The average molecular weight is 423 g/mol. The Labute approximate surface area is 182 Å². The van der Waals surface area contributed by atoms with E-state index in [4.69, 9.17) is 0 Å². The summed E-state index contributed by atoms with van der Waals surface area (Å²) in [5.74, 6) is -0.0529. The van der Waals surface area contributed by atoms with Gasteiger partial charge in [0.05, 0.1) is 11.0 Å². The molecule has 31 heavy (non-hydrogen) atoms. The molecule has 2 amide bonds. The second-order valence-electron chi connectivity index (χ2n) is 7.72. The highest BCUT2D eigenvalue weighted by molar-refractivity contribution is 5.93. The molecule has 0 bridgehead atoms. The van der Waals surface area contributed by atoms with Gasteiger partial charge in [-0.15, -0.1) is 0 Å². The molecule has 7 heteroatoms. The van der Waals surface area contributed by atoms with E-state index in [1.165, 1.54) is 4.90 Å². The highest BCUT2D eigenvalue weighted by Gasteiger charge is 2.16. The lowest BCUT2D eigenvalue weighted by molar-refractivity contribution is -0.131. The summed E-state index contributed by atoms with van der Waals surface area (Å²) in [5, 5.41) is 0. The smallest absolute Gasteiger partial charge is 0.329 e. The van der Waals surface area contributed by atoms with Crippen LogP contribution in [0.4, 0.5) is 0 Å². The minimum absolute atomic E-state index is 0.00354. The number of hydrogen-bond acceptors (Lipinski definition) is 3. The Morgan fingerprint density at radius 3 is 2.06 bits per heavy atom. The van der Waals surface area contributed by atoms with Crippen LogP contribution in [-0.2, 0) is 24.4 Å². The minimum atomic E-state index is -0.0827. The summed E-state index contributed by atoms with van der Waals surface area (Å²) in [6.07, 6.45) is 0.253. The Morgan fingerprint density at radius 1 is 0.903 bits per heavy atom. The quantitative estimate of drug-likeness (QED) is 0.561. The van der Waals surface area contributed by atoms with Crippen molar-refractivity contribution in [3.05, 3.63) is 70.1 Å². The van der Waals surface area contributed by atoms with E-state index in [2.05, 4.69) is 0 Å². The maximum atomic E-state index is 12.9. The second kappa shape index (κ2) is 9.64. The molecule has 2 aromatic carbocycles. The molecule has 0 atom stereocenters. The number of imidazole rings is 1. The van der Waals surface area contributed by atoms with E-state index in [0.717, 1.165) is 16.6 Å². The molecule has 1 aromatic heterocycles. The van der Waals surface area contributed by atoms with Crippen LogP contribution in [0.15, 0.2) is 53.3 Å². The fourth-order valence-electron chi connectivity index (χ4n) is 3.77. The first-order valence-electron chi connectivity index (χ1n) is 10.6. The van der Waals surface area contributed by atoms with Crippen molar-refractivity contribution in [2.45, 2.75) is 39.9 Å². The highest BCUT2D eigenvalue weighted by Crippen LogP contribution is 2.14. The summed E-state index contributed by atoms with van der Waals surface area (Å²) in [4.78, 5) is 41.0. The van der Waals surface area contributed by atoms with Gasteiger partial charge < -0.3 is 9.80 Å². The summed E-state index contributed by atoms with van der Waals surface area (Å²) in [7, 11) is 3.44. The number of benzene rings is 2. The Kier molecular flexibility index (Phi) is 6.95. The van der Waals surface area contributed by atoms with Crippen LogP contribution in [0.5, 0.6) is 0 Å². The van der Waals surface area contributed by atoms with Gasteiger partial charge in [0, 0.05) is 52.3 Å². The first-order valence-corrected chi connectivity index (χ1v) is 10.6. The third-order valence-electron chi connectivity index (χ3n) is 5.51. The summed E-state index contributed by atoms with van der Waals surface area (Å²) >= 11 is 0. The summed E-state index contributed by atoms with van der Waals surface area (Å²) in [6, 6.07) is 15.0. The van der Waals surface area contributed by atoms with Gasteiger partial charge in [-0.25, -0.2) is 4.79 Å². The number of nitrogens with zero attached hydrogens (tertiary/aromatic N) is 4. The number of carbonyl (C=O) groups excluding carboxylic acids is 2. The Bertz CT molecular complexity index is 1130. The molecular formula is C24H30N4O3. The predicted molar refractivity (Wildman–Crippen MR) is 122 cm³/mol. The average Bonchev–Trinajstić information content (AvgIpc) is 3.06. The molecule has 0 radical (unpaired) electrons. The zero-order valence-corrected chi connectivity index (χ0v) is 18.7. The van der Waals surface area contributed by atoms with E-state index < -0.39 is 0 Å². The topological polar surface area (TPSA) is 67.6 Å². The summed E-state index contributed by atoms with van der Waals surface area (Å²) in [6.45, 7) is 5.86. The zero-order valence-electron chi connectivity index (χ0n) is 18.7. The van der Waals surface area contributed by atoms with Gasteiger partial charge in [-0.05, 0) is 43.7 Å². The number of hydrogen-bond donors (Lipinski definition) is 0. The van der Waals surface area contributed by atoms with E-state index in [1.54, 1.807) is 40.3 Å². The van der Waals surface area contributed by atoms with Crippen LogP contribution in [0.1, 0.15) is 36.2 Å². The van der Waals surface area contributed by atoms with Crippen molar-refractivity contribution in [1.29, 1.82) is 0 Å². The van der Waals surface area contributed by atoms with Gasteiger partial charge in [0.15, 0.2) is 0 Å². The van der Waals surface area contributed by atoms with Gasteiger partial charge in [0.25, 0.3) is 5.91 Å². The van der Waals surface area contributed by atoms with Crippen molar-refractivity contribution in [2.75, 3.05) is 20.6 Å². The Morgan fingerprint density at radius 2 is 1.52 bits per heavy atom. The largest absolute Gasteiger partial charge is 0.345 e. The van der Waals surface area contributed by atoms with Gasteiger partial charge in [-0.2, -0.15) is 0 Å². The van der Waals surface area contributed by atoms with Crippen LogP contribution in [0.25, 0.3) is 11.0 Å².